The summed E-state index contributed by atoms with van der Waals surface area (Å²) in [4.78, 5) is 10.2. The molecule has 1 heterocycles. The van der Waals surface area contributed by atoms with Gasteiger partial charge >= 0.3 is 0 Å². The van der Waals surface area contributed by atoms with Gasteiger partial charge in [0.1, 0.15) is 6.29 Å². The molecule has 4 heteroatoms. The number of carbonyl (C=O) groups excluding carboxylic acids is 1. The van der Waals surface area contributed by atoms with E-state index in [1.807, 2.05) is 0 Å². The highest BCUT2D eigenvalue weighted by atomic mass is 16.7. The normalized spacial score (nSPS) is 15.2. The lowest BCUT2D eigenvalue weighted by Crippen LogP contribution is -1.97. The van der Waals surface area contributed by atoms with Crippen LogP contribution in [0.25, 0.3) is 0 Å². The van der Waals surface area contributed by atoms with E-state index >= 15 is 0 Å². The summed E-state index contributed by atoms with van der Waals surface area (Å²) in [7, 11) is 0. The van der Waals surface area contributed by atoms with Crippen molar-refractivity contribution in [1.82, 2.24) is 0 Å². The van der Waals surface area contributed by atoms with E-state index in [1.165, 1.54) is 0 Å². The maximum Gasteiger partial charge on any atom is 0.231 e. The van der Waals surface area contributed by atoms with Crippen LogP contribution in [-0.2, 0) is 4.79 Å². The Morgan fingerprint density at radius 3 is 3.00 bits per heavy atom. The number of aliphatic hydroxyl groups is 1. The second kappa shape index (κ2) is 3.67. The molecule has 2 rings (SSSR count). The first-order valence-corrected chi connectivity index (χ1v) is 4.32. The van der Waals surface area contributed by atoms with Crippen LogP contribution in [0.4, 0.5) is 0 Å². The maximum absolute atomic E-state index is 10.2. The van der Waals surface area contributed by atoms with Crippen molar-refractivity contribution in [3.8, 4) is 11.5 Å². The van der Waals surface area contributed by atoms with Crippen molar-refractivity contribution in [3.63, 3.8) is 0 Å². The van der Waals surface area contributed by atoms with Crippen molar-refractivity contribution in [3.05, 3.63) is 23.8 Å². The molecule has 74 valence electrons. The fourth-order valence-corrected chi connectivity index (χ4v) is 1.35. The highest BCUT2D eigenvalue weighted by molar-refractivity contribution is 5.52. The zero-order valence-electron chi connectivity index (χ0n) is 7.47. The van der Waals surface area contributed by atoms with E-state index in [1.54, 1.807) is 18.2 Å². The SMILES string of the molecule is O=CCC(O)c1ccc2c(c1)OCO2. The monoisotopic (exact) mass is 194 g/mol. The first-order valence-electron chi connectivity index (χ1n) is 4.32. The minimum absolute atomic E-state index is 0.0969. The van der Waals surface area contributed by atoms with Gasteiger partial charge in [-0.3, -0.25) is 0 Å². The molecule has 0 saturated carbocycles. The topological polar surface area (TPSA) is 55.8 Å². The van der Waals surface area contributed by atoms with E-state index in [0.29, 0.717) is 23.3 Å². The van der Waals surface area contributed by atoms with E-state index < -0.39 is 6.10 Å². The third kappa shape index (κ3) is 1.56. The van der Waals surface area contributed by atoms with Crippen molar-refractivity contribution in [2.45, 2.75) is 12.5 Å². The summed E-state index contributed by atoms with van der Waals surface area (Å²) in [5.74, 6) is 1.29. The van der Waals surface area contributed by atoms with Crippen molar-refractivity contribution in [1.29, 1.82) is 0 Å². The number of hydrogen-bond acceptors (Lipinski definition) is 4. The molecule has 0 saturated heterocycles. The molecule has 1 aliphatic heterocycles. The Morgan fingerprint density at radius 1 is 1.43 bits per heavy atom. The average Bonchev–Trinajstić information content (AvgIpc) is 2.64. The van der Waals surface area contributed by atoms with E-state index in [4.69, 9.17) is 9.47 Å². The number of aldehydes is 1. The molecule has 4 nitrogen and oxygen atoms in total. The molecule has 14 heavy (non-hydrogen) atoms. The van der Waals surface area contributed by atoms with Crippen LogP contribution in [-0.4, -0.2) is 18.2 Å². The minimum atomic E-state index is -0.762. The molecule has 0 bridgehead atoms. The number of hydrogen-bond donors (Lipinski definition) is 1. The molecule has 0 aliphatic carbocycles. The molecular formula is C10H10O4. The van der Waals surface area contributed by atoms with E-state index in [0.717, 1.165) is 0 Å². The largest absolute Gasteiger partial charge is 0.454 e. The second-order valence-corrected chi connectivity index (χ2v) is 3.03. The van der Waals surface area contributed by atoms with Gasteiger partial charge in [-0.2, -0.15) is 0 Å². The Labute approximate surface area is 81.1 Å². The van der Waals surface area contributed by atoms with Gasteiger partial charge in [0.05, 0.1) is 6.10 Å². The quantitative estimate of drug-likeness (QED) is 0.730. The molecule has 0 amide bonds. The highest BCUT2D eigenvalue weighted by Crippen LogP contribution is 2.34. The summed E-state index contributed by atoms with van der Waals surface area (Å²) in [6.07, 6.45) is 0.0246. The average molecular weight is 194 g/mol. The molecule has 0 aromatic heterocycles. The number of benzene rings is 1. The zero-order chi connectivity index (χ0) is 9.97. The Balaban J connectivity index is 2.23. The van der Waals surface area contributed by atoms with Crippen molar-refractivity contribution in [2.24, 2.45) is 0 Å². The molecule has 0 spiro atoms. The molecular weight excluding hydrogens is 184 g/mol. The third-order valence-electron chi connectivity index (χ3n) is 2.10. The van der Waals surface area contributed by atoms with Crippen LogP contribution in [0.15, 0.2) is 18.2 Å². The van der Waals surface area contributed by atoms with Crippen LogP contribution in [0, 0.1) is 0 Å². The van der Waals surface area contributed by atoms with Gasteiger partial charge in [-0.15, -0.1) is 0 Å². The van der Waals surface area contributed by atoms with E-state index in [9.17, 15) is 9.90 Å². The summed E-state index contributed by atoms with van der Waals surface area (Å²) in [5.41, 5.74) is 0.668. The summed E-state index contributed by atoms with van der Waals surface area (Å²) >= 11 is 0. The van der Waals surface area contributed by atoms with Gasteiger partial charge in [0, 0.05) is 6.42 Å². The van der Waals surface area contributed by atoms with E-state index in [-0.39, 0.29) is 13.2 Å². The number of carbonyl (C=O) groups is 1. The van der Waals surface area contributed by atoms with Crippen molar-refractivity contribution in [2.75, 3.05) is 6.79 Å². The molecule has 1 atom stereocenters. The molecule has 0 fully saturated rings. The van der Waals surface area contributed by atoms with Crippen LogP contribution >= 0.6 is 0 Å². The van der Waals surface area contributed by atoms with Gasteiger partial charge in [-0.1, -0.05) is 6.07 Å². The third-order valence-corrected chi connectivity index (χ3v) is 2.10. The Hall–Kier alpha value is -1.55. The molecule has 0 radical (unpaired) electrons. The summed E-state index contributed by atoms with van der Waals surface area (Å²) in [6.45, 7) is 0.211. The second-order valence-electron chi connectivity index (χ2n) is 3.03. The van der Waals surface area contributed by atoms with Gasteiger partial charge in [0.25, 0.3) is 0 Å². The molecule has 1 N–H and O–H groups in total. The lowest BCUT2D eigenvalue weighted by Gasteiger charge is -2.07. The smallest absolute Gasteiger partial charge is 0.231 e. The van der Waals surface area contributed by atoms with Crippen LogP contribution in [0.5, 0.6) is 11.5 Å². The predicted molar refractivity (Wildman–Crippen MR) is 48.2 cm³/mol. The fraction of sp³-hybridized carbons (Fsp3) is 0.300. The Kier molecular flexibility index (Phi) is 2.37. The Bertz CT molecular complexity index is 348. The van der Waals surface area contributed by atoms with Crippen LogP contribution < -0.4 is 9.47 Å². The van der Waals surface area contributed by atoms with Crippen molar-refractivity contribution >= 4 is 6.29 Å². The summed E-state index contributed by atoms with van der Waals surface area (Å²) in [5, 5.41) is 9.52. The van der Waals surface area contributed by atoms with Crippen LogP contribution in [0.1, 0.15) is 18.1 Å². The van der Waals surface area contributed by atoms with Gasteiger partial charge in [0.15, 0.2) is 11.5 Å². The molecule has 1 aromatic carbocycles. The summed E-state index contributed by atoms with van der Waals surface area (Å²) < 4.78 is 10.3. The van der Waals surface area contributed by atoms with Gasteiger partial charge in [0.2, 0.25) is 6.79 Å². The number of aliphatic hydroxyl groups excluding tert-OH is 1. The van der Waals surface area contributed by atoms with Crippen LogP contribution in [0.2, 0.25) is 0 Å². The lowest BCUT2D eigenvalue weighted by atomic mass is 10.1. The fourth-order valence-electron chi connectivity index (χ4n) is 1.35. The van der Waals surface area contributed by atoms with Gasteiger partial charge in [-0.25, -0.2) is 0 Å². The first-order chi connectivity index (χ1) is 6.81. The number of ether oxygens (including phenoxy) is 2. The van der Waals surface area contributed by atoms with Crippen LogP contribution in [0.3, 0.4) is 0 Å². The molecule has 1 unspecified atom stereocenters. The van der Waals surface area contributed by atoms with Gasteiger partial charge in [-0.05, 0) is 17.7 Å². The van der Waals surface area contributed by atoms with Gasteiger partial charge < -0.3 is 19.4 Å². The molecule has 1 aromatic rings. The zero-order valence-corrected chi connectivity index (χ0v) is 7.47. The minimum Gasteiger partial charge on any atom is -0.454 e. The number of fused-ring (bicyclic) bond motifs is 1. The summed E-state index contributed by atoms with van der Waals surface area (Å²) in [6, 6.07) is 5.14. The Morgan fingerprint density at radius 2 is 2.21 bits per heavy atom. The highest BCUT2D eigenvalue weighted by Gasteiger charge is 2.15. The maximum atomic E-state index is 10.2. The predicted octanol–water partition coefficient (Wildman–Crippen LogP) is 1.04. The first kappa shape index (κ1) is 9.02. The standard InChI is InChI=1S/C10H10O4/c11-4-3-8(12)7-1-2-9-10(5-7)14-6-13-9/h1-2,4-5,8,12H,3,6H2. The number of rotatable bonds is 3. The van der Waals surface area contributed by atoms with E-state index in [2.05, 4.69) is 0 Å². The molecule has 1 aliphatic rings. The van der Waals surface area contributed by atoms with Crippen molar-refractivity contribution < 1.29 is 19.4 Å². The lowest BCUT2D eigenvalue weighted by molar-refractivity contribution is -0.109.